The molecule has 13 heavy (non-hydrogen) atoms. The number of aliphatic hydroxyl groups excluding tert-OH is 2. The van der Waals surface area contributed by atoms with Gasteiger partial charge in [-0.05, 0) is 13.3 Å². The third-order valence-corrected chi connectivity index (χ3v) is 2.06. The lowest BCUT2D eigenvalue weighted by Gasteiger charge is -2.26. The molecular formula is C9H20O4. The van der Waals surface area contributed by atoms with Crippen LogP contribution >= 0.6 is 0 Å². The van der Waals surface area contributed by atoms with Gasteiger partial charge in [0.05, 0.1) is 12.2 Å². The Hall–Kier alpha value is -0.160. The second-order valence-electron chi connectivity index (χ2n) is 3.51. The van der Waals surface area contributed by atoms with Crippen molar-refractivity contribution >= 4 is 0 Å². The summed E-state index contributed by atoms with van der Waals surface area (Å²) < 4.78 is 4.72. The Morgan fingerprint density at radius 2 is 1.85 bits per heavy atom. The molecule has 0 bridgehead atoms. The topological polar surface area (TPSA) is 69.9 Å². The highest BCUT2D eigenvalue weighted by molar-refractivity contribution is 4.73. The zero-order chi connectivity index (χ0) is 10.5. The van der Waals surface area contributed by atoms with E-state index >= 15 is 0 Å². The van der Waals surface area contributed by atoms with Crippen LogP contribution in [0.3, 0.4) is 0 Å². The van der Waals surface area contributed by atoms with Gasteiger partial charge >= 0.3 is 0 Å². The van der Waals surface area contributed by atoms with Gasteiger partial charge in [0, 0.05) is 13.5 Å². The van der Waals surface area contributed by atoms with E-state index in [-0.39, 0.29) is 6.42 Å². The molecule has 0 rings (SSSR count). The van der Waals surface area contributed by atoms with Crippen LogP contribution in [0.5, 0.6) is 0 Å². The molecule has 3 unspecified atom stereocenters. The molecule has 0 amide bonds. The molecule has 0 aliphatic heterocycles. The fraction of sp³-hybridized carbons (Fsp3) is 1.00. The molecule has 0 aliphatic rings. The predicted octanol–water partition coefficient (Wildman–Crippen LogP) is 0.253. The third-order valence-electron chi connectivity index (χ3n) is 2.06. The summed E-state index contributed by atoms with van der Waals surface area (Å²) in [6.45, 7) is 3.37. The molecule has 0 saturated heterocycles. The lowest BCUT2D eigenvalue weighted by atomic mass is 10.0. The molecular weight excluding hydrogens is 172 g/mol. The Kier molecular flexibility index (Phi) is 5.48. The number of hydrogen-bond donors (Lipinski definition) is 3. The van der Waals surface area contributed by atoms with Gasteiger partial charge in [0.2, 0.25) is 0 Å². The van der Waals surface area contributed by atoms with Crippen molar-refractivity contribution in [3.63, 3.8) is 0 Å². The largest absolute Gasteiger partial charge is 0.390 e. The van der Waals surface area contributed by atoms with E-state index < -0.39 is 18.0 Å². The van der Waals surface area contributed by atoms with E-state index in [0.29, 0.717) is 6.42 Å². The average Bonchev–Trinajstić information content (AvgIpc) is 2.04. The van der Waals surface area contributed by atoms with Gasteiger partial charge in [0.15, 0.2) is 5.79 Å². The van der Waals surface area contributed by atoms with Crippen LogP contribution in [-0.4, -0.2) is 40.4 Å². The van der Waals surface area contributed by atoms with Crippen molar-refractivity contribution in [3.8, 4) is 0 Å². The number of rotatable bonds is 6. The maximum Gasteiger partial charge on any atom is 0.164 e. The van der Waals surface area contributed by atoms with Gasteiger partial charge < -0.3 is 20.1 Å². The van der Waals surface area contributed by atoms with Crippen molar-refractivity contribution in [1.29, 1.82) is 0 Å². The summed E-state index contributed by atoms with van der Waals surface area (Å²) in [4.78, 5) is 0. The molecule has 80 valence electrons. The summed E-state index contributed by atoms with van der Waals surface area (Å²) in [6, 6.07) is 0. The molecule has 0 saturated carbocycles. The van der Waals surface area contributed by atoms with Crippen molar-refractivity contribution in [2.45, 2.75) is 51.1 Å². The van der Waals surface area contributed by atoms with Gasteiger partial charge in [0.25, 0.3) is 0 Å². The van der Waals surface area contributed by atoms with Crippen molar-refractivity contribution in [3.05, 3.63) is 0 Å². The standard InChI is InChI=1S/C9H20O4/c1-4-5-7(10)8(11)6-9(2,12)13-3/h7-8,10-12H,4-6H2,1-3H3. The van der Waals surface area contributed by atoms with E-state index in [1.54, 1.807) is 0 Å². The highest BCUT2D eigenvalue weighted by Crippen LogP contribution is 2.16. The summed E-state index contributed by atoms with van der Waals surface area (Å²) in [5, 5.41) is 28.2. The van der Waals surface area contributed by atoms with Gasteiger partial charge in [-0.15, -0.1) is 0 Å². The first-order chi connectivity index (χ1) is 5.93. The molecule has 3 atom stereocenters. The number of methoxy groups -OCH3 is 1. The zero-order valence-electron chi connectivity index (χ0n) is 8.53. The van der Waals surface area contributed by atoms with Crippen molar-refractivity contribution < 1.29 is 20.1 Å². The summed E-state index contributed by atoms with van der Waals surface area (Å²) in [7, 11) is 1.36. The Morgan fingerprint density at radius 3 is 2.23 bits per heavy atom. The molecule has 0 aromatic heterocycles. The molecule has 0 aromatic carbocycles. The number of ether oxygens (including phenoxy) is 1. The Morgan fingerprint density at radius 1 is 1.31 bits per heavy atom. The van der Waals surface area contributed by atoms with E-state index in [4.69, 9.17) is 4.74 Å². The van der Waals surface area contributed by atoms with Gasteiger partial charge in [-0.1, -0.05) is 13.3 Å². The predicted molar refractivity (Wildman–Crippen MR) is 49.2 cm³/mol. The van der Waals surface area contributed by atoms with E-state index in [2.05, 4.69) is 0 Å². The normalized spacial score (nSPS) is 20.8. The lowest BCUT2D eigenvalue weighted by molar-refractivity contribution is -0.196. The van der Waals surface area contributed by atoms with Crippen LogP contribution in [0, 0.1) is 0 Å². The molecule has 4 nitrogen and oxygen atoms in total. The fourth-order valence-corrected chi connectivity index (χ4v) is 1.10. The van der Waals surface area contributed by atoms with Gasteiger partial charge in [0.1, 0.15) is 0 Å². The maximum atomic E-state index is 9.43. The van der Waals surface area contributed by atoms with Crippen molar-refractivity contribution in [1.82, 2.24) is 0 Å². The second-order valence-corrected chi connectivity index (χ2v) is 3.51. The van der Waals surface area contributed by atoms with E-state index in [9.17, 15) is 15.3 Å². The van der Waals surface area contributed by atoms with E-state index in [0.717, 1.165) is 6.42 Å². The first-order valence-electron chi connectivity index (χ1n) is 4.56. The van der Waals surface area contributed by atoms with Crippen LogP contribution in [0.15, 0.2) is 0 Å². The van der Waals surface area contributed by atoms with Crippen molar-refractivity contribution in [2.24, 2.45) is 0 Å². The maximum absolute atomic E-state index is 9.43. The van der Waals surface area contributed by atoms with Gasteiger partial charge in [-0.25, -0.2) is 0 Å². The minimum absolute atomic E-state index is 0.0185. The number of hydrogen-bond acceptors (Lipinski definition) is 4. The molecule has 0 spiro atoms. The second kappa shape index (κ2) is 5.54. The SMILES string of the molecule is CCCC(O)C(O)CC(C)(O)OC. The van der Waals surface area contributed by atoms with Crippen LogP contribution in [0.1, 0.15) is 33.1 Å². The Balaban J connectivity index is 3.91. The summed E-state index contributed by atoms with van der Waals surface area (Å²) in [5.41, 5.74) is 0. The summed E-state index contributed by atoms with van der Waals surface area (Å²) in [6.07, 6.45) is -0.375. The number of aliphatic hydroxyl groups is 3. The highest BCUT2D eigenvalue weighted by atomic mass is 16.6. The molecule has 3 N–H and O–H groups in total. The minimum Gasteiger partial charge on any atom is -0.390 e. The van der Waals surface area contributed by atoms with Gasteiger partial charge in [-0.2, -0.15) is 0 Å². The summed E-state index contributed by atoms with van der Waals surface area (Å²) in [5.74, 6) is -1.37. The summed E-state index contributed by atoms with van der Waals surface area (Å²) >= 11 is 0. The molecule has 0 heterocycles. The smallest absolute Gasteiger partial charge is 0.164 e. The lowest BCUT2D eigenvalue weighted by Crippen LogP contribution is -2.37. The first-order valence-corrected chi connectivity index (χ1v) is 4.56. The fourth-order valence-electron chi connectivity index (χ4n) is 1.10. The van der Waals surface area contributed by atoms with E-state index in [1.165, 1.54) is 14.0 Å². The minimum atomic E-state index is -1.37. The Labute approximate surface area is 79.2 Å². The van der Waals surface area contributed by atoms with Crippen LogP contribution < -0.4 is 0 Å². The van der Waals surface area contributed by atoms with Crippen LogP contribution in [0.4, 0.5) is 0 Å². The van der Waals surface area contributed by atoms with Crippen LogP contribution in [0.2, 0.25) is 0 Å². The monoisotopic (exact) mass is 192 g/mol. The average molecular weight is 192 g/mol. The first kappa shape index (κ1) is 12.8. The molecule has 0 aliphatic carbocycles. The molecule has 0 aromatic rings. The Bertz CT molecular complexity index is 136. The van der Waals surface area contributed by atoms with Crippen molar-refractivity contribution in [2.75, 3.05) is 7.11 Å². The van der Waals surface area contributed by atoms with Gasteiger partial charge in [-0.3, -0.25) is 0 Å². The van der Waals surface area contributed by atoms with E-state index in [1.807, 2.05) is 6.92 Å². The molecule has 4 heteroatoms. The molecule has 0 fully saturated rings. The van der Waals surface area contributed by atoms with Crippen LogP contribution in [-0.2, 0) is 4.74 Å². The zero-order valence-corrected chi connectivity index (χ0v) is 8.53. The highest BCUT2D eigenvalue weighted by Gasteiger charge is 2.27. The quantitative estimate of drug-likeness (QED) is 0.528. The molecule has 0 radical (unpaired) electrons. The third kappa shape index (κ3) is 5.21. The van der Waals surface area contributed by atoms with Crippen LogP contribution in [0.25, 0.3) is 0 Å².